The molecule has 0 unspecified atom stereocenters. The van der Waals surface area contributed by atoms with Gasteiger partial charge in [-0.2, -0.15) is 0 Å². The molecule has 2 heterocycles. The summed E-state index contributed by atoms with van der Waals surface area (Å²) < 4.78 is 0. The number of hydrogen-bond acceptors (Lipinski definition) is 2. The van der Waals surface area contributed by atoms with Crippen molar-refractivity contribution in [3.63, 3.8) is 0 Å². The van der Waals surface area contributed by atoms with E-state index in [1.54, 1.807) is 0 Å². The molecule has 2 fully saturated rings. The monoisotopic (exact) mass is 313 g/mol. The van der Waals surface area contributed by atoms with Gasteiger partial charge in [0.05, 0.1) is 0 Å². The highest BCUT2D eigenvalue weighted by molar-refractivity contribution is 5.75. The zero-order valence-corrected chi connectivity index (χ0v) is 14.0. The minimum Gasteiger partial charge on any atom is -0.337 e. The minimum absolute atomic E-state index is 0.161. The van der Waals surface area contributed by atoms with Crippen molar-refractivity contribution >= 4 is 6.03 Å². The van der Waals surface area contributed by atoms with Crippen LogP contribution in [0.3, 0.4) is 0 Å². The van der Waals surface area contributed by atoms with Gasteiger partial charge in [0.1, 0.15) is 0 Å². The summed E-state index contributed by atoms with van der Waals surface area (Å²) in [5.74, 6) is 1.17. The Labute approximate surface area is 138 Å². The van der Waals surface area contributed by atoms with Crippen LogP contribution >= 0.6 is 0 Å². The molecule has 2 aliphatic heterocycles. The third kappa shape index (κ3) is 2.85. The van der Waals surface area contributed by atoms with Crippen molar-refractivity contribution in [3.8, 4) is 0 Å². The molecule has 0 saturated carbocycles. The lowest BCUT2D eigenvalue weighted by Gasteiger charge is -2.46. The van der Waals surface area contributed by atoms with Crippen LogP contribution in [-0.4, -0.2) is 55.1 Å². The van der Waals surface area contributed by atoms with Crippen LogP contribution in [0.4, 0.5) is 4.79 Å². The molecule has 1 N–H and O–H groups in total. The maximum Gasteiger partial charge on any atom is 0.317 e. The van der Waals surface area contributed by atoms with Crippen LogP contribution in [0.15, 0.2) is 24.3 Å². The molecule has 4 rings (SSSR count). The van der Waals surface area contributed by atoms with Gasteiger partial charge in [-0.25, -0.2) is 4.79 Å². The van der Waals surface area contributed by atoms with Crippen molar-refractivity contribution < 1.29 is 4.79 Å². The minimum atomic E-state index is 0.161. The van der Waals surface area contributed by atoms with E-state index in [9.17, 15) is 4.79 Å². The Morgan fingerprint density at radius 1 is 1.26 bits per heavy atom. The van der Waals surface area contributed by atoms with Gasteiger partial charge in [-0.15, -0.1) is 0 Å². The van der Waals surface area contributed by atoms with Gasteiger partial charge in [0.15, 0.2) is 0 Å². The lowest BCUT2D eigenvalue weighted by Crippen LogP contribution is -2.57. The molecule has 4 nitrogen and oxygen atoms in total. The van der Waals surface area contributed by atoms with Crippen LogP contribution in [0, 0.1) is 5.92 Å². The number of carbonyl (C=O) groups is 1. The fourth-order valence-corrected chi connectivity index (χ4v) is 4.69. The maximum atomic E-state index is 12.7. The number of benzene rings is 1. The summed E-state index contributed by atoms with van der Waals surface area (Å²) in [5, 5.41) is 3.21. The summed E-state index contributed by atoms with van der Waals surface area (Å²) in [7, 11) is 2.20. The van der Waals surface area contributed by atoms with E-state index in [0.717, 1.165) is 45.4 Å². The number of carbonyl (C=O) groups excluding carboxylic acids is 1. The maximum absolute atomic E-state index is 12.7. The third-order valence-electron chi connectivity index (χ3n) is 5.99. The first-order valence-corrected chi connectivity index (χ1v) is 9.03. The van der Waals surface area contributed by atoms with Gasteiger partial charge in [0, 0.05) is 31.6 Å². The Morgan fingerprint density at radius 2 is 2.13 bits per heavy atom. The summed E-state index contributed by atoms with van der Waals surface area (Å²) in [5.41, 5.74) is 2.86. The topological polar surface area (TPSA) is 35.6 Å². The average Bonchev–Trinajstić information content (AvgIpc) is 2.54. The molecule has 3 aliphatic rings. The number of piperidine rings is 2. The van der Waals surface area contributed by atoms with Gasteiger partial charge >= 0.3 is 6.03 Å². The standard InChI is InChI=1S/C19H27N3O/c1-21-10-8-18-15(13-21)6-4-9-22(18)19(23)20-12-16-11-14-5-2-3-7-17(14)16/h2-3,5,7,15-16,18H,4,6,8-13H2,1H3,(H,20,23)/t15-,16+,18+/m0/s1. The molecule has 4 heteroatoms. The second-order valence-electron chi connectivity index (χ2n) is 7.50. The van der Waals surface area contributed by atoms with Crippen molar-refractivity contribution in [3.05, 3.63) is 35.4 Å². The Bertz CT molecular complexity index is 588. The first-order valence-electron chi connectivity index (χ1n) is 9.03. The molecular formula is C19H27N3O. The summed E-state index contributed by atoms with van der Waals surface area (Å²) in [6, 6.07) is 9.20. The van der Waals surface area contributed by atoms with E-state index in [-0.39, 0.29) is 6.03 Å². The van der Waals surface area contributed by atoms with Gasteiger partial charge in [-0.05, 0) is 56.3 Å². The normalized spacial score (nSPS) is 30.1. The molecule has 0 radical (unpaired) electrons. The average molecular weight is 313 g/mol. The fourth-order valence-electron chi connectivity index (χ4n) is 4.69. The fraction of sp³-hybridized carbons (Fsp3) is 0.632. The molecule has 1 aromatic rings. The number of amides is 2. The van der Waals surface area contributed by atoms with E-state index in [4.69, 9.17) is 0 Å². The zero-order valence-electron chi connectivity index (χ0n) is 14.0. The summed E-state index contributed by atoms with van der Waals surface area (Å²) in [6.45, 7) is 3.97. The first kappa shape index (κ1) is 15.0. The number of nitrogens with zero attached hydrogens (tertiary/aromatic N) is 2. The Morgan fingerprint density at radius 3 is 3.00 bits per heavy atom. The Kier molecular flexibility index (Phi) is 4.02. The van der Waals surface area contributed by atoms with Crippen molar-refractivity contribution in [2.45, 2.75) is 37.6 Å². The molecule has 1 aliphatic carbocycles. The van der Waals surface area contributed by atoms with Crippen molar-refractivity contribution in [1.29, 1.82) is 0 Å². The van der Waals surface area contributed by atoms with E-state index in [2.05, 4.69) is 46.4 Å². The van der Waals surface area contributed by atoms with Gasteiger partial charge in [-0.1, -0.05) is 24.3 Å². The van der Waals surface area contributed by atoms with Crippen LogP contribution in [0.1, 0.15) is 36.3 Å². The van der Waals surface area contributed by atoms with Crippen LogP contribution < -0.4 is 5.32 Å². The van der Waals surface area contributed by atoms with Crippen molar-refractivity contribution in [2.24, 2.45) is 5.92 Å². The van der Waals surface area contributed by atoms with E-state index in [0.29, 0.717) is 17.9 Å². The molecule has 0 aromatic heterocycles. The highest BCUT2D eigenvalue weighted by Crippen LogP contribution is 2.34. The predicted molar refractivity (Wildman–Crippen MR) is 91.6 cm³/mol. The second kappa shape index (κ2) is 6.16. The predicted octanol–water partition coefficient (Wildman–Crippen LogP) is 2.45. The van der Waals surface area contributed by atoms with E-state index >= 15 is 0 Å². The number of urea groups is 1. The Hall–Kier alpha value is -1.55. The van der Waals surface area contributed by atoms with Gasteiger partial charge in [0.25, 0.3) is 0 Å². The molecule has 2 saturated heterocycles. The third-order valence-corrected chi connectivity index (χ3v) is 5.99. The van der Waals surface area contributed by atoms with Crippen molar-refractivity contribution in [2.75, 3.05) is 33.2 Å². The molecule has 0 bridgehead atoms. The van der Waals surface area contributed by atoms with Crippen molar-refractivity contribution in [1.82, 2.24) is 15.1 Å². The van der Waals surface area contributed by atoms with Gasteiger partial charge in [-0.3, -0.25) is 0 Å². The number of rotatable bonds is 2. The molecular weight excluding hydrogens is 286 g/mol. The summed E-state index contributed by atoms with van der Waals surface area (Å²) >= 11 is 0. The number of fused-ring (bicyclic) bond motifs is 2. The molecule has 3 atom stereocenters. The SMILES string of the molecule is CN1CC[C@@H]2[C@@H](CCCN2C(=O)NC[C@H]2Cc3ccccc32)C1. The molecule has 23 heavy (non-hydrogen) atoms. The smallest absolute Gasteiger partial charge is 0.317 e. The lowest BCUT2D eigenvalue weighted by molar-refractivity contribution is 0.0532. The van der Waals surface area contributed by atoms with E-state index in [1.807, 2.05) is 0 Å². The largest absolute Gasteiger partial charge is 0.337 e. The van der Waals surface area contributed by atoms with E-state index < -0.39 is 0 Å². The van der Waals surface area contributed by atoms with Crippen LogP contribution in [0.2, 0.25) is 0 Å². The second-order valence-corrected chi connectivity index (χ2v) is 7.50. The van der Waals surface area contributed by atoms with Crippen LogP contribution in [0.25, 0.3) is 0 Å². The molecule has 1 aromatic carbocycles. The summed E-state index contributed by atoms with van der Waals surface area (Å²) in [6.07, 6.45) is 4.65. The molecule has 0 spiro atoms. The van der Waals surface area contributed by atoms with Crippen LogP contribution in [0.5, 0.6) is 0 Å². The summed E-state index contributed by atoms with van der Waals surface area (Å²) in [4.78, 5) is 17.2. The quantitative estimate of drug-likeness (QED) is 0.910. The first-order chi connectivity index (χ1) is 11.2. The molecule has 124 valence electrons. The number of nitrogens with one attached hydrogen (secondary N) is 1. The lowest BCUT2D eigenvalue weighted by atomic mass is 9.77. The van der Waals surface area contributed by atoms with Crippen LogP contribution in [-0.2, 0) is 6.42 Å². The Balaban J connectivity index is 1.34. The highest BCUT2D eigenvalue weighted by atomic mass is 16.2. The zero-order chi connectivity index (χ0) is 15.8. The number of likely N-dealkylation sites (tertiary alicyclic amines) is 2. The number of hydrogen-bond donors (Lipinski definition) is 1. The molecule has 2 amide bonds. The van der Waals surface area contributed by atoms with E-state index in [1.165, 1.54) is 17.5 Å². The highest BCUT2D eigenvalue weighted by Gasteiger charge is 2.37. The van der Waals surface area contributed by atoms with Gasteiger partial charge in [0.2, 0.25) is 0 Å². The van der Waals surface area contributed by atoms with Gasteiger partial charge < -0.3 is 15.1 Å².